The molecule has 0 aliphatic carbocycles. The summed E-state index contributed by atoms with van der Waals surface area (Å²) >= 11 is 0. The maximum absolute atomic E-state index is 11.8. The van der Waals surface area contributed by atoms with E-state index in [2.05, 4.69) is 15.3 Å². The van der Waals surface area contributed by atoms with E-state index in [1.165, 1.54) is 18.6 Å². The molecular formula is C12H16N4O3. The average Bonchev–Trinajstić information content (AvgIpc) is 2.84. The minimum Gasteiger partial charge on any atom is -0.448 e. The van der Waals surface area contributed by atoms with Crippen molar-refractivity contribution in [1.82, 2.24) is 20.2 Å². The van der Waals surface area contributed by atoms with Gasteiger partial charge in [0.05, 0.1) is 18.3 Å². The molecule has 0 radical (unpaired) electrons. The van der Waals surface area contributed by atoms with Crippen molar-refractivity contribution in [2.24, 2.45) is 0 Å². The Labute approximate surface area is 111 Å². The van der Waals surface area contributed by atoms with Gasteiger partial charge in [0.15, 0.2) is 0 Å². The second-order valence-electron chi connectivity index (χ2n) is 4.85. The van der Waals surface area contributed by atoms with Crippen LogP contribution in [0.2, 0.25) is 0 Å². The summed E-state index contributed by atoms with van der Waals surface area (Å²) in [6.07, 6.45) is 4.00. The molecule has 1 aliphatic heterocycles. The van der Waals surface area contributed by atoms with E-state index in [1.807, 2.05) is 13.8 Å². The number of cyclic esters (lactones) is 1. The van der Waals surface area contributed by atoms with Crippen LogP contribution in [0.5, 0.6) is 0 Å². The average molecular weight is 264 g/mol. The minimum absolute atomic E-state index is 0.252. The van der Waals surface area contributed by atoms with Crippen LogP contribution in [-0.2, 0) is 4.74 Å². The fraction of sp³-hybridized carbons (Fsp3) is 0.500. The van der Waals surface area contributed by atoms with Gasteiger partial charge in [-0.3, -0.25) is 14.7 Å². The molecule has 1 fully saturated rings. The van der Waals surface area contributed by atoms with Crippen LogP contribution in [0, 0.1) is 0 Å². The van der Waals surface area contributed by atoms with E-state index in [-0.39, 0.29) is 17.7 Å². The molecule has 0 unspecified atom stereocenters. The van der Waals surface area contributed by atoms with Crippen molar-refractivity contribution in [3.8, 4) is 0 Å². The van der Waals surface area contributed by atoms with Crippen molar-refractivity contribution < 1.29 is 14.3 Å². The Balaban J connectivity index is 1.94. The highest BCUT2D eigenvalue weighted by atomic mass is 16.6. The molecule has 1 N–H and O–H groups in total. The zero-order valence-corrected chi connectivity index (χ0v) is 10.9. The number of amides is 2. The zero-order chi connectivity index (χ0) is 13.9. The van der Waals surface area contributed by atoms with Gasteiger partial charge >= 0.3 is 6.09 Å². The van der Waals surface area contributed by atoms with E-state index in [0.717, 1.165) is 0 Å². The summed E-state index contributed by atoms with van der Waals surface area (Å²) in [5, 5.41) is 2.75. The van der Waals surface area contributed by atoms with Crippen LogP contribution in [0.15, 0.2) is 18.6 Å². The highest BCUT2D eigenvalue weighted by Gasteiger charge is 2.35. The molecule has 1 saturated heterocycles. The lowest BCUT2D eigenvalue weighted by atomic mass is 10.0. The first-order valence-electron chi connectivity index (χ1n) is 5.99. The Morgan fingerprint density at radius 2 is 2.32 bits per heavy atom. The normalized spacial score (nSPS) is 15.3. The maximum atomic E-state index is 11.8. The number of aromatic nitrogens is 2. The molecule has 2 heterocycles. The number of carbonyl (C=O) groups is 2. The third-order valence-electron chi connectivity index (χ3n) is 2.97. The fourth-order valence-corrected chi connectivity index (χ4v) is 1.84. The van der Waals surface area contributed by atoms with Gasteiger partial charge < -0.3 is 10.1 Å². The van der Waals surface area contributed by atoms with Crippen molar-refractivity contribution >= 4 is 12.0 Å². The Bertz CT molecular complexity index is 475. The predicted molar refractivity (Wildman–Crippen MR) is 66.5 cm³/mol. The number of carbonyl (C=O) groups excluding carboxylic acids is 2. The van der Waals surface area contributed by atoms with E-state index in [9.17, 15) is 9.59 Å². The first kappa shape index (κ1) is 13.3. The quantitative estimate of drug-likeness (QED) is 0.852. The molecule has 1 aromatic heterocycles. The van der Waals surface area contributed by atoms with Crippen molar-refractivity contribution in [2.45, 2.75) is 19.4 Å². The lowest BCUT2D eigenvalue weighted by molar-refractivity contribution is 0.0898. The number of hydrogen-bond acceptors (Lipinski definition) is 5. The van der Waals surface area contributed by atoms with Crippen LogP contribution in [0.25, 0.3) is 0 Å². The van der Waals surface area contributed by atoms with Gasteiger partial charge in [-0.1, -0.05) is 0 Å². The number of rotatable bonds is 4. The molecule has 7 nitrogen and oxygen atoms in total. The van der Waals surface area contributed by atoms with Gasteiger partial charge in [0.25, 0.3) is 5.91 Å². The van der Waals surface area contributed by atoms with Gasteiger partial charge in [-0.2, -0.15) is 0 Å². The number of nitrogens with zero attached hydrogens (tertiary/aromatic N) is 3. The van der Waals surface area contributed by atoms with E-state index < -0.39 is 5.54 Å². The molecule has 1 aliphatic rings. The molecule has 0 aromatic carbocycles. The monoisotopic (exact) mass is 264 g/mol. The summed E-state index contributed by atoms with van der Waals surface area (Å²) < 4.78 is 4.90. The summed E-state index contributed by atoms with van der Waals surface area (Å²) in [5.74, 6) is -0.311. The topological polar surface area (TPSA) is 84.4 Å². The highest BCUT2D eigenvalue weighted by molar-refractivity contribution is 5.91. The minimum atomic E-state index is -0.508. The third-order valence-corrected chi connectivity index (χ3v) is 2.97. The third kappa shape index (κ3) is 2.98. The standard InChI is InChI=1S/C12H16N4O3/c1-12(2,16-5-6-19-11(16)18)8-15-10(17)9-7-13-3-4-14-9/h3-4,7H,5-6,8H2,1-2H3,(H,15,17). The van der Waals surface area contributed by atoms with Gasteiger partial charge in [0, 0.05) is 18.9 Å². The van der Waals surface area contributed by atoms with Gasteiger partial charge in [0.2, 0.25) is 0 Å². The Kier molecular flexibility index (Phi) is 3.64. The maximum Gasteiger partial charge on any atom is 0.410 e. The molecule has 2 amide bonds. The van der Waals surface area contributed by atoms with Crippen LogP contribution in [0.1, 0.15) is 24.3 Å². The fourth-order valence-electron chi connectivity index (χ4n) is 1.84. The van der Waals surface area contributed by atoms with Gasteiger partial charge in [0.1, 0.15) is 12.3 Å². The molecule has 0 saturated carbocycles. The Hall–Kier alpha value is -2.18. The first-order valence-corrected chi connectivity index (χ1v) is 5.99. The lowest BCUT2D eigenvalue weighted by Gasteiger charge is -2.33. The van der Waals surface area contributed by atoms with Crippen LogP contribution >= 0.6 is 0 Å². The number of hydrogen-bond donors (Lipinski definition) is 1. The molecule has 102 valence electrons. The van der Waals surface area contributed by atoms with E-state index in [4.69, 9.17) is 4.74 Å². The zero-order valence-electron chi connectivity index (χ0n) is 10.9. The summed E-state index contributed by atoms with van der Waals surface area (Å²) in [7, 11) is 0. The van der Waals surface area contributed by atoms with Crippen molar-refractivity contribution in [2.75, 3.05) is 19.7 Å². The molecule has 7 heteroatoms. The van der Waals surface area contributed by atoms with Crippen LogP contribution in [0.4, 0.5) is 4.79 Å². The van der Waals surface area contributed by atoms with Crippen molar-refractivity contribution in [3.05, 3.63) is 24.3 Å². The largest absolute Gasteiger partial charge is 0.448 e. The Morgan fingerprint density at radius 3 is 2.89 bits per heavy atom. The van der Waals surface area contributed by atoms with Gasteiger partial charge in [-0.25, -0.2) is 9.78 Å². The number of ether oxygens (including phenoxy) is 1. The van der Waals surface area contributed by atoms with Gasteiger partial charge in [-0.15, -0.1) is 0 Å². The molecular weight excluding hydrogens is 248 g/mol. The SMILES string of the molecule is CC(C)(CNC(=O)c1cnccn1)N1CCOC1=O. The second-order valence-corrected chi connectivity index (χ2v) is 4.85. The van der Waals surface area contributed by atoms with E-state index in [1.54, 1.807) is 4.90 Å². The van der Waals surface area contributed by atoms with E-state index in [0.29, 0.717) is 19.7 Å². The second kappa shape index (κ2) is 5.21. The molecule has 1 aromatic rings. The van der Waals surface area contributed by atoms with E-state index >= 15 is 0 Å². The highest BCUT2D eigenvalue weighted by Crippen LogP contribution is 2.18. The van der Waals surface area contributed by atoms with Crippen LogP contribution in [-0.4, -0.2) is 52.1 Å². The smallest absolute Gasteiger partial charge is 0.410 e. The van der Waals surface area contributed by atoms with Crippen LogP contribution < -0.4 is 5.32 Å². The number of nitrogens with one attached hydrogen (secondary N) is 1. The molecule has 0 bridgehead atoms. The van der Waals surface area contributed by atoms with Gasteiger partial charge in [-0.05, 0) is 13.8 Å². The van der Waals surface area contributed by atoms with Crippen molar-refractivity contribution in [3.63, 3.8) is 0 Å². The predicted octanol–water partition coefficient (Wildman–Crippen LogP) is 0.437. The summed E-state index contributed by atoms with van der Waals surface area (Å²) in [5.41, 5.74) is -0.256. The molecule has 0 spiro atoms. The van der Waals surface area contributed by atoms with Crippen LogP contribution in [0.3, 0.4) is 0 Å². The lowest BCUT2D eigenvalue weighted by Crippen LogP contribution is -2.52. The summed E-state index contributed by atoms with van der Waals surface area (Å²) in [6.45, 7) is 4.98. The Morgan fingerprint density at radius 1 is 1.53 bits per heavy atom. The first-order chi connectivity index (χ1) is 9.00. The summed E-state index contributed by atoms with van der Waals surface area (Å²) in [6, 6.07) is 0. The molecule has 0 atom stereocenters. The molecule has 2 rings (SSSR count). The summed E-state index contributed by atoms with van der Waals surface area (Å²) in [4.78, 5) is 32.7. The van der Waals surface area contributed by atoms with Crippen molar-refractivity contribution in [1.29, 1.82) is 0 Å². The molecule has 19 heavy (non-hydrogen) atoms.